The van der Waals surface area contributed by atoms with Crippen LogP contribution in [-0.4, -0.2) is 17.9 Å². The number of carbonyl (C=O) groups excluding carboxylic acids is 1. The van der Waals surface area contributed by atoms with Crippen molar-refractivity contribution >= 4 is 18.4 Å². The summed E-state index contributed by atoms with van der Waals surface area (Å²) in [5.74, 6) is 0.0629. The monoisotopic (exact) mass is 328 g/mol. The Kier molecular flexibility index (Phi) is 4.22. The number of ketones is 1. The number of carbonyl (C=O) groups is 1. The fourth-order valence-electron chi connectivity index (χ4n) is 3.14. The highest BCUT2D eigenvalue weighted by atomic mass is 16.5. The van der Waals surface area contributed by atoms with Crippen LogP contribution in [0.5, 0.6) is 0 Å². The number of Topliss-reactive ketones (excluding diaryl/α,β-unsaturated/α-hetero) is 1. The summed E-state index contributed by atoms with van der Waals surface area (Å²) in [5.41, 5.74) is 5.56. The van der Waals surface area contributed by atoms with Crippen molar-refractivity contribution < 1.29 is 14.5 Å². The van der Waals surface area contributed by atoms with Crippen molar-refractivity contribution in [3.05, 3.63) is 89.5 Å². The number of benzene rings is 3. The molecule has 1 heterocycles. The third-order valence-electron chi connectivity index (χ3n) is 4.55. The Labute approximate surface area is 147 Å². The molecule has 0 spiro atoms. The van der Waals surface area contributed by atoms with Gasteiger partial charge in [0.2, 0.25) is 0 Å². The van der Waals surface area contributed by atoms with Gasteiger partial charge in [-0.25, -0.2) is 0 Å². The minimum atomic E-state index is -0.879. The van der Waals surface area contributed by atoms with Crippen LogP contribution in [0, 0.1) is 0 Å². The summed E-state index contributed by atoms with van der Waals surface area (Å²) in [7, 11) is -0.879. The summed E-state index contributed by atoms with van der Waals surface area (Å²) in [6, 6.07) is 23.5. The lowest BCUT2D eigenvalue weighted by molar-refractivity contribution is 0.0993. The summed E-state index contributed by atoms with van der Waals surface area (Å²) >= 11 is 0. The van der Waals surface area contributed by atoms with E-state index in [9.17, 15) is 9.82 Å². The summed E-state index contributed by atoms with van der Waals surface area (Å²) in [5, 5.41) is 9.79. The first-order chi connectivity index (χ1) is 12.2. The average molecular weight is 328 g/mol. The van der Waals surface area contributed by atoms with E-state index >= 15 is 0 Å². The van der Waals surface area contributed by atoms with Crippen molar-refractivity contribution in [1.29, 1.82) is 0 Å². The fourth-order valence-corrected chi connectivity index (χ4v) is 3.14. The van der Waals surface area contributed by atoms with Crippen LogP contribution >= 0.6 is 0 Å². The molecule has 122 valence electrons. The summed E-state index contributed by atoms with van der Waals surface area (Å²) < 4.78 is 5.19. The first-order valence-corrected chi connectivity index (χ1v) is 8.31. The second-order valence-corrected chi connectivity index (χ2v) is 6.24. The summed E-state index contributed by atoms with van der Waals surface area (Å²) in [6.45, 7) is 0.422. The SMILES string of the molecule is O=C(Cc1ccc2c(c1)B(O)OC2)c1ccc(-c2ccccc2)cc1. The molecule has 4 rings (SSSR count). The molecule has 1 N–H and O–H groups in total. The molecule has 0 saturated heterocycles. The van der Waals surface area contributed by atoms with E-state index < -0.39 is 7.12 Å². The minimum Gasteiger partial charge on any atom is -0.423 e. The van der Waals surface area contributed by atoms with Gasteiger partial charge < -0.3 is 9.68 Å². The lowest BCUT2D eigenvalue weighted by Gasteiger charge is -2.06. The first kappa shape index (κ1) is 15.8. The lowest BCUT2D eigenvalue weighted by Crippen LogP contribution is -2.28. The van der Waals surface area contributed by atoms with E-state index in [0.717, 1.165) is 27.7 Å². The van der Waals surface area contributed by atoms with Crippen LogP contribution in [0.3, 0.4) is 0 Å². The van der Waals surface area contributed by atoms with E-state index in [2.05, 4.69) is 12.1 Å². The Morgan fingerprint density at radius 3 is 2.44 bits per heavy atom. The Bertz CT molecular complexity index is 904. The van der Waals surface area contributed by atoms with Crippen LogP contribution in [0.15, 0.2) is 72.8 Å². The van der Waals surface area contributed by atoms with E-state index in [1.807, 2.05) is 60.7 Å². The molecule has 0 fully saturated rings. The smallest absolute Gasteiger partial charge is 0.423 e. The van der Waals surface area contributed by atoms with E-state index in [4.69, 9.17) is 4.65 Å². The molecule has 3 aromatic rings. The van der Waals surface area contributed by atoms with E-state index in [0.29, 0.717) is 18.6 Å². The molecule has 0 radical (unpaired) electrons. The third-order valence-corrected chi connectivity index (χ3v) is 4.55. The number of rotatable bonds is 4. The molecule has 0 aliphatic carbocycles. The van der Waals surface area contributed by atoms with Gasteiger partial charge in [-0.2, -0.15) is 0 Å². The van der Waals surface area contributed by atoms with E-state index in [-0.39, 0.29) is 5.78 Å². The van der Waals surface area contributed by atoms with Crippen LogP contribution < -0.4 is 5.46 Å². The molecule has 0 unspecified atom stereocenters. The van der Waals surface area contributed by atoms with Crippen molar-refractivity contribution in [2.45, 2.75) is 13.0 Å². The molecule has 0 aromatic heterocycles. The van der Waals surface area contributed by atoms with Gasteiger partial charge in [0, 0.05) is 12.0 Å². The van der Waals surface area contributed by atoms with Gasteiger partial charge in [0.25, 0.3) is 0 Å². The molecule has 0 bridgehead atoms. The average Bonchev–Trinajstić information content (AvgIpc) is 3.03. The topological polar surface area (TPSA) is 46.5 Å². The standard InChI is InChI=1S/C21H17BO3/c23-21(13-15-6-7-19-14-25-22(24)20(19)12-15)18-10-8-17(9-11-18)16-4-2-1-3-5-16/h1-12,24H,13-14H2. The third kappa shape index (κ3) is 3.27. The van der Waals surface area contributed by atoms with Crippen LogP contribution in [-0.2, 0) is 17.7 Å². The van der Waals surface area contributed by atoms with Crippen LogP contribution in [0.1, 0.15) is 21.5 Å². The van der Waals surface area contributed by atoms with Gasteiger partial charge in [0.15, 0.2) is 5.78 Å². The molecule has 0 amide bonds. The van der Waals surface area contributed by atoms with Gasteiger partial charge in [0.05, 0.1) is 6.61 Å². The zero-order chi connectivity index (χ0) is 17.2. The zero-order valence-electron chi connectivity index (χ0n) is 13.7. The predicted molar refractivity (Wildman–Crippen MR) is 98.8 cm³/mol. The number of hydrogen-bond acceptors (Lipinski definition) is 3. The number of fused-ring (bicyclic) bond motifs is 1. The highest BCUT2D eigenvalue weighted by molar-refractivity contribution is 6.61. The molecule has 3 nitrogen and oxygen atoms in total. The quantitative estimate of drug-likeness (QED) is 0.592. The van der Waals surface area contributed by atoms with Gasteiger partial charge >= 0.3 is 7.12 Å². The van der Waals surface area contributed by atoms with Gasteiger partial charge in [-0.3, -0.25) is 4.79 Å². The molecule has 0 saturated carbocycles. The largest absolute Gasteiger partial charge is 0.491 e. The Morgan fingerprint density at radius 2 is 1.68 bits per heavy atom. The normalized spacial score (nSPS) is 12.9. The fraction of sp³-hybridized carbons (Fsp3) is 0.0952. The maximum absolute atomic E-state index is 12.5. The Balaban J connectivity index is 1.51. The second kappa shape index (κ2) is 6.67. The molecule has 0 atom stereocenters. The predicted octanol–water partition coefficient (Wildman–Crippen LogP) is 3.00. The molecular formula is C21H17BO3. The van der Waals surface area contributed by atoms with Gasteiger partial charge in [-0.1, -0.05) is 72.8 Å². The van der Waals surface area contributed by atoms with Crippen LogP contribution in [0.4, 0.5) is 0 Å². The van der Waals surface area contributed by atoms with Crippen molar-refractivity contribution in [1.82, 2.24) is 0 Å². The van der Waals surface area contributed by atoms with Crippen molar-refractivity contribution in [3.8, 4) is 11.1 Å². The van der Waals surface area contributed by atoms with Crippen LogP contribution in [0.2, 0.25) is 0 Å². The highest BCUT2D eigenvalue weighted by Crippen LogP contribution is 2.20. The van der Waals surface area contributed by atoms with Crippen LogP contribution in [0.25, 0.3) is 11.1 Å². The molecule has 4 heteroatoms. The number of hydrogen-bond donors (Lipinski definition) is 1. The lowest BCUT2D eigenvalue weighted by atomic mass is 9.78. The molecule has 1 aliphatic rings. The van der Waals surface area contributed by atoms with E-state index in [1.54, 1.807) is 0 Å². The maximum Gasteiger partial charge on any atom is 0.491 e. The minimum absolute atomic E-state index is 0.0629. The Hall–Kier alpha value is -2.69. The molecule has 1 aliphatic heterocycles. The van der Waals surface area contributed by atoms with Crippen molar-refractivity contribution in [2.24, 2.45) is 0 Å². The molecule has 25 heavy (non-hydrogen) atoms. The summed E-state index contributed by atoms with van der Waals surface area (Å²) in [6.07, 6.45) is 0.310. The zero-order valence-corrected chi connectivity index (χ0v) is 13.7. The highest BCUT2D eigenvalue weighted by Gasteiger charge is 2.27. The first-order valence-electron chi connectivity index (χ1n) is 8.31. The molecular weight excluding hydrogens is 311 g/mol. The second-order valence-electron chi connectivity index (χ2n) is 6.24. The van der Waals surface area contributed by atoms with E-state index in [1.165, 1.54) is 0 Å². The Morgan fingerprint density at radius 1 is 0.960 bits per heavy atom. The van der Waals surface area contributed by atoms with Crippen molar-refractivity contribution in [2.75, 3.05) is 0 Å². The van der Waals surface area contributed by atoms with Gasteiger partial charge in [-0.05, 0) is 27.7 Å². The van der Waals surface area contributed by atoms with Crippen molar-refractivity contribution in [3.63, 3.8) is 0 Å². The summed E-state index contributed by atoms with van der Waals surface area (Å²) in [4.78, 5) is 12.5. The maximum atomic E-state index is 12.5. The molecule has 3 aromatic carbocycles. The van der Waals surface area contributed by atoms with Gasteiger partial charge in [-0.15, -0.1) is 0 Å². The van der Waals surface area contributed by atoms with Gasteiger partial charge in [0.1, 0.15) is 0 Å².